The van der Waals surface area contributed by atoms with E-state index in [0.29, 0.717) is 66.0 Å². The Labute approximate surface area is 218 Å². The molecule has 0 radical (unpaired) electrons. The molecule has 11 heteroatoms. The molecule has 1 fully saturated rings. The third kappa shape index (κ3) is 6.05. The highest BCUT2D eigenvalue weighted by Crippen LogP contribution is 2.39. The molecule has 3 N–H and O–H groups in total. The molecule has 2 heterocycles. The van der Waals surface area contributed by atoms with Gasteiger partial charge in [-0.15, -0.1) is 0 Å². The van der Waals surface area contributed by atoms with Gasteiger partial charge in [0.2, 0.25) is 0 Å². The lowest BCUT2D eigenvalue weighted by Gasteiger charge is -2.21. The van der Waals surface area contributed by atoms with Crippen molar-refractivity contribution < 1.29 is 32.1 Å². The van der Waals surface area contributed by atoms with E-state index >= 15 is 0 Å². The van der Waals surface area contributed by atoms with Gasteiger partial charge >= 0.3 is 6.18 Å². The van der Waals surface area contributed by atoms with Crippen LogP contribution in [0.4, 0.5) is 24.7 Å². The molecule has 0 amide bonds. The molecule has 3 aromatic rings. The van der Waals surface area contributed by atoms with Crippen LogP contribution in [-0.2, 0) is 15.7 Å². The summed E-state index contributed by atoms with van der Waals surface area (Å²) >= 11 is 0. The number of nitrogens with one attached hydrogen (secondary N) is 1. The summed E-state index contributed by atoms with van der Waals surface area (Å²) in [5.74, 6) is 2.07. The highest BCUT2D eigenvalue weighted by Gasteiger charge is 2.32. The summed E-state index contributed by atoms with van der Waals surface area (Å²) in [7, 11) is 0. The summed E-state index contributed by atoms with van der Waals surface area (Å²) in [6.07, 6.45) is -1.89. The number of benzene rings is 2. The molecule has 1 aromatic heterocycles. The van der Waals surface area contributed by atoms with Crippen molar-refractivity contribution in [1.82, 2.24) is 9.97 Å². The zero-order valence-corrected chi connectivity index (χ0v) is 21.3. The zero-order chi connectivity index (χ0) is 26.9. The van der Waals surface area contributed by atoms with E-state index in [1.807, 2.05) is 6.07 Å². The molecule has 1 aliphatic carbocycles. The van der Waals surface area contributed by atoms with Crippen LogP contribution in [0.5, 0.6) is 11.5 Å². The maximum Gasteiger partial charge on any atom is 0.416 e. The Hall–Kier alpha value is -3.31. The number of ether oxygens (including phenoxy) is 4. The smallest absolute Gasteiger partial charge is 0.416 e. The average Bonchev–Trinajstić information content (AvgIpc) is 3.30. The maximum atomic E-state index is 13.4. The van der Waals surface area contributed by atoms with Gasteiger partial charge in [-0.1, -0.05) is 0 Å². The molecule has 1 saturated carbocycles. The molecular weight excluding hydrogens is 501 g/mol. The van der Waals surface area contributed by atoms with Gasteiger partial charge in [0.1, 0.15) is 24.4 Å². The van der Waals surface area contributed by atoms with Crippen molar-refractivity contribution >= 4 is 22.4 Å². The van der Waals surface area contributed by atoms with Crippen molar-refractivity contribution in [3.8, 4) is 11.5 Å². The Bertz CT molecular complexity index is 1300. The van der Waals surface area contributed by atoms with E-state index < -0.39 is 17.8 Å². The topological polar surface area (TPSA) is 101 Å². The first kappa shape index (κ1) is 26.3. The molecule has 2 aliphatic rings. The number of nitrogens with zero attached hydrogens (tertiary/aromatic N) is 2. The first-order valence-electron chi connectivity index (χ1n) is 12.7. The van der Waals surface area contributed by atoms with E-state index in [1.54, 1.807) is 19.9 Å². The number of aromatic nitrogens is 2. The van der Waals surface area contributed by atoms with Gasteiger partial charge in [-0.2, -0.15) is 13.2 Å². The van der Waals surface area contributed by atoms with Gasteiger partial charge in [-0.3, -0.25) is 0 Å². The van der Waals surface area contributed by atoms with E-state index in [-0.39, 0.29) is 17.9 Å². The predicted molar refractivity (Wildman–Crippen MR) is 136 cm³/mol. The Morgan fingerprint density at radius 1 is 0.974 bits per heavy atom. The number of nitrogen functional groups attached to an aromatic ring is 1. The fraction of sp³-hybridized carbons (Fsp3) is 0.481. The van der Waals surface area contributed by atoms with E-state index in [4.69, 9.17) is 24.7 Å². The second-order valence-corrected chi connectivity index (χ2v) is 9.69. The van der Waals surface area contributed by atoms with Gasteiger partial charge < -0.3 is 30.0 Å². The molecule has 1 aliphatic heterocycles. The van der Waals surface area contributed by atoms with Crippen LogP contribution in [0.25, 0.3) is 10.9 Å². The number of rotatable bonds is 3. The SMILES string of the molecule is Cc1nc(NC(C)c2cc(N)cc(C(F)(F)F)c2)c2cc3c(cc2n1)OCCOCCOC1CCC(C1)O3. The van der Waals surface area contributed by atoms with Gasteiger partial charge in [-0.25, -0.2) is 9.97 Å². The Morgan fingerprint density at radius 3 is 2.58 bits per heavy atom. The summed E-state index contributed by atoms with van der Waals surface area (Å²) in [6, 6.07) is 6.66. The summed E-state index contributed by atoms with van der Waals surface area (Å²) < 4.78 is 64.0. The number of hydrogen-bond acceptors (Lipinski definition) is 8. The van der Waals surface area contributed by atoms with Gasteiger partial charge in [0.25, 0.3) is 0 Å². The highest BCUT2D eigenvalue weighted by atomic mass is 19.4. The van der Waals surface area contributed by atoms with Crippen LogP contribution in [0.3, 0.4) is 0 Å². The molecule has 2 aromatic carbocycles. The van der Waals surface area contributed by atoms with Crippen LogP contribution >= 0.6 is 0 Å². The summed E-state index contributed by atoms with van der Waals surface area (Å²) in [5, 5.41) is 3.92. The molecule has 3 unspecified atom stereocenters. The first-order valence-corrected chi connectivity index (χ1v) is 12.7. The van der Waals surface area contributed by atoms with Crippen LogP contribution in [0.1, 0.15) is 49.2 Å². The quantitative estimate of drug-likeness (QED) is 0.431. The molecule has 5 rings (SSSR count). The molecule has 8 nitrogen and oxygen atoms in total. The predicted octanol–water partition coefficient (Wildman–Crippen LogP) is 5.44. The molecule has 0 saturated heterocycles. The fourth-order valence-electron chi connectivity index (χ4n) is 4.87. The van der Waals surface area contributed by atoms with Gasteiger partial charge in [0.15, 0.2) is 11.5 Å². The number of fused-ring (bicyclic) bond motifs is 4. The van der Waals surface area contributed by atoms with Crippen molar-refractivity contribution in [1.29, 1.82) is 0 Å². The minimum atomic E-state index is -4.50. The number of halogens is 3. The number of alkyl halides is 3. The van der Waals surface area contributed by atoms with Crippen LogP contribution in [0.2, 0.25) is 0 Å². The number of anilines is 2. The minimum absolute atomic E-state index is 0.0312. The highest BCUT2D eigenvalue weighted by molar-refractivity contribution is 5.92. The van der Waals surface area contributed by atoms with Gasteiger partial charge in [0.05, 0.1) is 43.0 Å². The third-order valence-electron chi connectivity index (χ3n) is 6.73. The monoisotopic (exact) mass is 532 g/mol. The second-order valence-electron chi connectivity index (χ2n) is 9.69. The van der Waals surface area contributed by atoms with Crippen molar-refractivity contribution in [2.75, 3.05) is 37.5 Å². The standard InChI is InChI=1S/C27H31F3N4O4/c1-15(17-9-18(27(28,29)30)11-19(31)10-17)32-26-22-13-25-24(14-23(22)33-16(2)34-26)37-8-6-35-5-7-36-20-3-4-21(12-20)38-25/h9-11,13-15,20-21H,3-8,12,31H2,1-2H3,(H,32,33,34). The van der Waals surface area contributed by atoms with E-state index in [9.17, 15) is 13.2 Å². The van der Waals surface area contributed by atoms with Crippen LogP contribution in [0, 0.1) is 6.92 Å². The summed E-state index contributed by atoms with van der Waals surface area (Å²) in [5.41, 5.74) is 6.04. The van der Waals surface area contributed by atoms with E-state index in [2.05, 4.69) is 15.3 Å². The molecular formula is C27H31F3N4O4. The largest absolute Gasteiger partial charge is 0.487 e. The second kappa shape index (κ2) is 10.8. The van der Waals surface area contributed by atoms with Crippen molar-refractivity contribution in [3.05, 3.63) is 47.3 Å². The Balaban J connectivity index is 1.49. The number of hydrogen-bond donors (Lipinski definition) is 2. The summed E-state index contributed by atoms with van der Waals surface area (Å²) in [6.45, 7) is 5.29. The Morgan fingerprint density at radius 2 is 1.76 bits per heavy atom. The lowest BCUT2D eigenvalue weighted by molar-refractivity contribution is -0.137. The fourth-order valence-corrected chi connectivity index (χ4v) is 4.87. The van der Waals surface area contributed by atoms with Crippen LogP contribution < -0.4 is 20.5 Å². The third-order valence-corrected chi connectivity index (χ3v) is 6.73. The zero-order valence-electron chi connectivity index (χ0n) is 21.3. The van der Waals surface area contributed by atoms with Crippen molar-refractivity contribution in [2.24, 2.45) is 0 Å². The van der Waals surface area contributed by atoms with Crippen molar-refractivity contribution in [2.45, 2.75) is 57.5 Å². The minimum Gasteiger partial charge on any atom is -0.487 e. The van der Waals surface area contributed by atoms with Crippen LogP contribution in [-0.4, -0.2) is 48.6 Å². The molecule has 2 bridgehead atoms. The van der Waals surface area contributed by atoms with Gasteiger partial charge in [0, 0.05) is 23.6 Å². The number of aryl methyl sites for hydroxylation is 1. The van der Waals surface area contributed by atoms with Crippen molar-refractivity contribution in [3.63, 3.8) is 0 Å². The molecule has 38 heavy (non-hydrogen) atoms. The van der Waals surface area contributed by atoms with Gasteiger partial charge in [-0.05, 0) is 56.5 Å². The first-order chi connectivity index (χ1) is 18.2. The van der Waals surface area contributed by atoms with E-state index in [0.717, 1.165) is 31.4 Å². The average molecular weight is 533 g/mol. The van der Waals surface area contributed by atoms with E-state index in [1.165, 1.54) is 6.07 Å². The lowest BCUT2D eigenvalue weighted by Crippen LogP contribution is -2.17. The summed E-state index contributed by atoms with van der Waals surface area (Å²) in [4.78, 5) is 9.13. The number of nitrogens with two attached hydrogens (primary N) is 1. The Kier molecular flexibility index (Phi) is 7.49. The molecule has 3 atom stereocenters. The lowest BCUT2D eigenvalue weighted by atomic mass is 10.0. The maximum absolute atomic E-state index is 13.4. The molecule has 0 spiro atoms. The molecule has 204 valence electrons. The normalized spacial score (nSPS) is 21.3. The van der Waals surface area contributed by atoms with Crippen LogP contribution in [0.15, 0.2) is 30.3 Å².